The number of nitro benzene ring substituents is 1. The number of hydrogen-bond donors (Lipinski definition) is 1. The average molecular weight is 224 g/mol. The molecule has 0 aliphatic heterocycles. The largest absolute Gasteiger partial charge is 0.476 e. The first-order valence-electron chi connectivity index (χ1n) is 4.15. The zero-order chi connectivity index (χ0) is 12.1. The van der Waals surface area contributed by atoms with Gasteiger partial charge in [-0.2, -0.15) is 0 Å². The minimum Gasteiger partial charge on any atom is -0.476 e. The van der Waals surface area contributed by atoms with Crippen LogP contribution in [0.2, 0.25) is 0 Å². The van der Waals surface area contributed by atoms with Crippen molar-refractivity contribution in [1.29, 1.82) is 0 Å². The van der Waals surface area contributed by atoms with Gasteiger partial charge in [-0.1, -0.05) is 5.16 Å². The maximum absolute atomic E-state index is 10.8. The number of carboxylic acid groups (broad SMARTS) is 1. The second-order valence-corrected chi connectivity index (χ2v) is 2.73. The fourth-order valence-corrected chi connectivity index (χ4v) is 1.05. The van der Waals surface area contributed by atoms with Crippen LogP contribution in [0.4, 0.5) is 5.69 Å². The van der Waals surface area contributed by atoms with E-state index in [1.54, 1.807) is 0 Å². The molecule has 84 valence electrons. The highest BCUT2D eigenvalue weighted by Gasteiger charge is 2.14. The van der Waals surface area contributed by atoms with E-state index in [9.17, 15) is 14.9 Å². The van der Waals surface area contributed by atoms with E-state index in [1.165, 1.54) is 31.4 Å². The highest BCUT2D eigenvalue weighted by atomic mass is 16.6. The number of nitrogens with zero attached hydrogens (tertiary/aromatic N) is 2. The second-order valence-electron chi connectivity index (χ2n) is 2.73. The number of aliphatic carboxylic acids is 1. The van der Waals surface area contributed by atoms with E-state index < -0.39 is 10.9 Å². The third-order valence-corrected chi connectivity index (χ3v) is 1.74. The van der Waals surface area contributed by atoms with E-state index in [0.29, 0.717) is 0 Å². The summed E-state index contributed by atoms with van der Waals surface area (Å²) >= 11 is 0. The molecular formula is C9H8N2O5. The Balaban J connectivity index is 3.09. The first kappa shape index (κ1) is 11.6. The molecule has 0 saturated carbocycles. The maximum Gasteiger partial charge on any atom is 0.358 e. The molecule has 0 aliphatic rings. The van der Waals surface area contributed by atoms with E-state index in [4.69, 9.17) is 5.11 Å². The number of nitro groups is 1. The zero-order valence-electron chi connectivity index (χ0n) is 8.28. The third kappa shape index (κ3) is 2.53. The first-order valence-corrected chi connectivity index (χ1v) is 4.15. The summed E-state index contributed by atoms with van der Waals surface area (Å²) in [5, 5.41) is 22.5. The molecule has 0 fully saturated rings. The van der Waals surface area contributed by atoms with Crippen molar-refractivity contribution in [2.75, 3.05) is 7.11 Å². The van der Waals surface area contributed by atoms with Gasteiger partial charge >= 0.3 is 5.97 Å². The number of rotatable bonds is 4. The summed E-state index contributed by atoms with van der Waals surface area (Å²) in [5.74, 6) is -1.27. The Hall–Kier alpha value is -2.44. The van der Waals surface area contributed by atoms with Gasteiger partial charge in [0.2, 0.25) is 0 Å². The van der Waals surface area contributed by atoms with Crippen molar-refractivity contribution in [2.45, 2.75) is 0 Å². The Labute approximate surface area is 90.1 Å². The van der Waals surface area contributed by atoms with Gasteiger partial charge in [-0.05, 0) is 12.1 Å². The van der Waals surface area contributed by atoms with Crippen molar-refractivity contribution in [2.24, 2.45) is 5.16 Å². The number of non-ortho nitro benzene ring substituents is 1. The van der Waals surface area contributed by atoms with Gasteiger partial charge in [-0.15, -0.1) is 0 Å². The SMILES string of the molecule is CO/N=C(/C(=O)O)c1ccc([N+](=O)[O-])cc1. The Morgan fingerprint density at radius 3 is 2.38 bits per heavy atom. The molecule has 0 unspecified atom stereocenters. The lowest BCUT2D eigenvalue weighted by molar-refractivity contribution is -0.384. The molecule has 1 aromatic carbocycles. The standard InChI is InChI=1S/C9H8N2O5/c1-16-10-8(9(12)13)6-2-4-7(5-3-6)11(14)15/h2-5H,1H3,(H,12,13)/b10-8+. The van der Waals surface area contributed by atoms with Crippen LogP contribution < -0.4 is 0 Å². The van der Waals surface area contributed by atoms with Gasteiger partial charge in [0.25, 0.3) is 5.69 Å². The summed E-state index contributed by atoms with van der Waals surface area (Å²) in [7, 11) is 1.22. The molecule has 7 nitrogen and oxygen atoms in total. The molecule has 1 rings (SSSR count). The van der Waals surface area contributed by atoms with Crippen molar-refractivity contribution < 1.29 is 19.7 Å². The number of oxime groups is 1. The van der Waals surface area contributed by atoms with Crippen LogP contribution in [0.5, 0.6) is 0 Å². The van der Waals surface area contributed by atoms with Gasteiger partial charge in [0.05, 0.1) is 4.92 Å². The topological polar surface area (TPSA) is 102 Å². The zero-order valence-corrected chi connectivity index (χ0v) is 8.28. The van der Waals surface area contributed by atoms with Gasteiger partial charge in [0.1, 0.15) is 7.11 Å². The minimum atomic E-state index is -1.27. The molecule has 0 aromatic heterocycles. The summed E-state index contributed by atoms with van der Waals surface area (Å²) in [5.41, 5.74) is -0.191. The van der Waals surface area contributed by atoms with Crippen molar-refractivity contribution >= 4 is 17.4 Å². The van der Waals surface area contributed by atoms with Gasteiger partial charge < -0.3 is 9.94 Å². The van der Waals surface area contributed by atoms with Crippen LogP contribution >= 0.6 is 0 Å². The number of benzene rings is 1. The molecule has 1 N–H and O–H groups in total. The summed E-state index contributed by atoms with van der Waals surface area (Å²) in [6.45, 7) is 0. The summed E-state index contributed by atoms with van der Waals surface area (Å²) in [6, 6.07) is 4.99. The smallest absolute Gasteiger partial charge is 0.358 e. The quantitative estimate of drug-likeness (QED) is 0.467. The van der Waals surface area contributed by atoms with E-state index in [1.807, 2.05) is 0 Å². The van der Waals surface area contributed by atoms with Crippen LogP contribution in [0.25, 0.3) is 0 Å². The summed E-state index contributed by atoms with van der Waals surface area (Å²) in [4.78, 5) is 24.9. The van der Waals surface area contributed by atoms with Crippen LogP contribution in [0.15, 0.2) is 29.4 Å². The van der Waals surface area contributed by atoms with Crippen molar-refractivity contribution in [3.63, 3.8) is 0 Å². The Morgan fingerprint density at radius 2 is 2.00 bits per heavy atom. The van der Waals surface area contributed by atoms with Crippen molar-refractivity contribution in [1.82, 2.24) is 0 Å². The maximum atomic E-state index is 10.8. The van der Waals surface area contributed by atoms with Gasteiger partial charge in [-0.3, -0.25) is 10.1 Å². The fourth-order valence-electron chi connectivity index (χ4n) is 1.05. The third-order valence-electron chi connectivity index (χ3n) is 1.74. The second kappa shape index (κ2) is 4.87. The molecule has 0 bridgehead atoms. The van der Waals surface area contributed by atoms with Crippen LogP contribution in [0.1, 0.15) is 5.56 Å². The Morgan fingerprint density at radius 1 is 1.44 bits per heavy atom. The first-order chi connectivity index (χ1) is 7.56. The molecule has 0 atom stereocenters. The van der Waals surface area contributed by atoms with Crippen LogP contribution in [-0.2, 0) is 9.63 Å². The summed E-state index contributed by atoms with van der Waals surface area (Å²) in [6.07, 6.45) is 0. The van der Waals surface area contributed by atoms with Crippen molar-refractivity contribution in [3.05, 3.63) is 39.9 Å². The highest BCUT2D eigenvalue weighted by molar-refractivity contribution is 6.42. The van der Waals surface area contributed by atoms with Crippen LogP contribution in [-0.4, -0.2) is 28.8 Å². The van der Waals surface area contributed by atoms with E-state index in [2.05, 4.69) is 9.99 Å². The molecule has 0 amide bonds. The normalized spacial score (nSPS) is 10.9. The Bertz CT molecular complexity index is 438. The molecule has 0 saturated heterocycles. The molecule has 16 heavy (non-hydrogen) atoms. The minimum absolute atomic E-state index is 0.120. The number of hydrogen-bond acceptors (Lipinski definition) is 5. The monoisotopic (exact) mass is 224 g/mol. The van der Waals surface area contributed by atoms with E-state index >= 15 is 0 Å². The summed E-state index contributed by atoms with van der Waals surface area (Å²) < 4.78 is 0. The fraction of sp³-hybridized carbons (Fsp3) is 0.111. The van der Waals surface area contributed by atoms with E-state index in [-0.39, 0.29) is 17.0 Å². The highest BCUT2D eigenvalue weighted by Crippen LogP contribution is 2.12. The lowest BCUT2D eigenvalue weighted by Crippen LogP contribution is -2.14. The Kier molecular flexibility index (Phi) is 3.54. The predicted molar refractivity (Wildman–Crippen MR) is 54.3 cm³/mol. The van der Waals surface area contributed by atoms with Gasteiger partial charge in [-0.25, -0.2) is 4.79 Å². The molecule has 0 radical (unpaired) electrons. The molecule has 0 aliphatic carbocycles. The van der Waals surface area contributed by atoms with Crippen LogP contribution in [0, 0.1) is 10.1 Å². The number of carboxylic acids is 1. The number of carbonyl (C=O) groups is 1. The van der Waals surface area contributed by atoms with Crippen molar-refractivity contribution in [3.8, 4) is 0 Å². The lowest BCUT2D eigenvalue weighted by Gasteiger charge is -1.99. The molecule has 1 aromatic rings. The molecule has 0 heterocycles. The van der Waals surface area contributed by atoms with E-state index in [0.717, 1.165) is 0 Å². The lowest BCUT2D eigenvalue weighted by atomic mass is 10.1. The molecule has 0 spiro atoms. The van der Waals surface area contributed by atoms with Gasteiger partial charge in [0, 0.05) is 17.7 Å². The van der Waals surface area contributed by atoms with Crippen LogP contribution in [0.3, 0.4) is 0 Å². The average Bonchev–Trinajstić information content (AvgIpc) is 2.25. The predicted octanol–water partition coefficient (Wildman–Crippen LogP) is 1.03. The molecular weight excluding hydrogens is 216 g/mol. The molecule has 7 heteroatoms. The van der Waals surface area contributed by atoms with Gasteiger partial charge in [0.15, 0.2) is 5.71 Å².